The Morgan fingerprint density at radius 1 is 1.50 bits per heavy atom. The molecule has 1 aliphatic heterocycles. The molecule has 20 heavy (non-hydrogen) atoms. The number of benzene rings is 1. The molecule has 0 radical (unpaired) electrons. The van der Waals surface area contributed by atoms with Gasteiger partial charge in [-0.2, -0.15) is 0 Å². The first-order valence-electron chi connectivity index (χ1n) is 6.63. The second-order valence-electron chi connectivity index (χ2n) is 4.96. The zero-order valence-corrected chi connectivity index (χ0v) is 11.3. The number of hydrogen-bond donors (Lipinski definition) is 0. The van der Waals surface area contributed by atoms with Crippen molar-refractivity contribution in [1.82, 2.24) is 0 Å². The van der Waals surface area contributed by atoms with Gasteiger partial charge >= 0.3 is 5.97 Å². The summed E-state index contributed by atoms with van der Waals surface area (Å²) in [7, 11) is 0. The van der Waals surface area contributed by atoms with Gasteiger partial charge in [0.1, 0.15) is 11.9 Å². The molecule has 0 amide bonds. The molecule has 0 spiro atoms. The van der Waals surface area contributed by atoms with Gasteiger partial charge in [0.25, 0.3) is 0 Å². The first-order valence-corrected chi connectivity index (χ1v) is 6.63. The molecule has 0 aromatic heterocycles. The van der Waals surface area contributed by atoms with Crippen LogP contribution in [0.3, 0.4) is 0 Å². The van der Waals surface area contributed by atoms with Crippen molar-refractivity contribution in [2.45, 2.75) is 25.9 Å². The third-order valence-electron chi connectivity index (χ3n) is 3.21. The molecule has 0 aliphatic carbocycles. The predicted octanol–water partition coefficient (Wildman–Crippen LogP) is 2.37. The third kappa shape index (κ3) is 3.87. The molecule has 1 aliphatic rings. The van der Waals surface area contributed by atoms with Crippen molar-refractivity contribution in [2.24, 2.45) is 5.92 Å². The Kier molecular flexibility index (Phi) is 4.84. The number of carbonyl (C=O) groups excluding carboxylic acids is 2. The van der Waals surface area contributed by atoms with Gasteiger partial charge in [-0.15, -0.1) is 0 Å². The summed E-state index contributed by atoms with van der Waals surface area (Å²) in [6, 6.07) is 5.45. The first-order chi connectivity index (χ1) is 9.56. The fourth-order valence-electron chi connectivity index (χ4n) is 2.03. The fourth-order valence-corrected chi connectivity index (χ4v) is 2.03. The van der Waals surface area contributed by atoms with E-state index in [1.807, 2.05) is 0 Å². The van der Waals surface area contributed by atoms with Crippen LogP contribution in [0.25, 0.3) is 0 Å². The van der Waals surface area contributed by atoms with Crippen molar-refractivity contribution in [2.75, 3.05) is 13.2 Å². The van der Waals surface area contributed by atoms with Gasteiger partial charge in [0, 0.05) is 18.4 Å². The number of Topliss-reactive ketones (excluding diaryl/α,β-unsaturated/α-hetero) is 1. The summed E-state index contributed by atoms with van der Waals surface area (Å²) < 4.78 is 23.4. The Labute approximate surface area is 116 Å². The van der Waals surface area contributed by atoms with Crippen LogP contribution in [-0.4, -0.2) is 31.1 Å². The van der Waals surface area contributed by atoms with E-state index in [0.29, 0.717) is 19.6 Å². The normalized spacial score (nSPS) is 19.6. The van der Waals surface area contributed by atoms with Crippen LogP contribution < -0.4 is 0 Å². The topological polar surface area (TPSA) is 52.6 Å². The highest BCUT2D eigenvalue weighted by molar-refractivity contribution is 5.98. The molecule has 108 valence electrons. The maximum atomic E-state index is 13.0. The molecule has 5 heteroatoms. The van der Waals surface area contributed by atoms with Crippen molar-refractivity contribution in [3.05, 3.63) is 35.6 Å². The number of ketones is 1. The van der Waals surface area contributed by atoms with Crippen LogP contribution in [0.15, 0.2) is 24.3 Å². The maximum absolute atomic E-state index is 13.0. The van der Waals surface area contributed by atoms with Gasteiger partial charge in [0.05, 0.1) is 19.1 Å². The molecule has 2 atom stereocenters. The summed E-state index contributed by atoms with van der Waals surface area (Å²) in [5, 5.41) is 0. The van der Waals surface area contributed by atoms with E-state index in [1.165, 1.54) is 24.3 Å². The van der Waals surface area contributed by atoms with Crippen LogP contribution in [-0.2, 0) is 14.3 Å². The Hall–Kier alpha value is -1.75. The van der Waals surface area contributed by atoms with Gasteiger partial charge in [0.2, 0.25) is 0 Å². The second kappa shape index (κ2) is 6.61. The largest absolute Gasteiger partial charge is 0.460 e. The van der Waals surface area contributed by atoms with Gasteiger partial charge in [-0.1, -0.05) is 19.1 Å². The standard InChI is InChI=1S/C15H17FO4/c1-10(15(18)20-13-5-6-19-9-13)7-14(17)11-3-2-4-12(16)8-11/h2-4,8,10,13H,5-7,9H2,1H3/t10-,13-/m1/s1. The lowest BCUT2D eigenvalue weighted by Gasteiger charge is -2.14. The minimum absolute atomic E-state index is 0.00979. The Morgan fingerprint density at radius 2 is 2.30 bits per heavy atom. The monoisotopic (exact) mass is 280 g/mol. The summed E-state index contributed by atoms with van der Waals surface area (Å²) in [6.07, 6.45) is 0.487. The summed E-state index contributed by atoms with van der Waals surface area (Å²) in [4.78, 5) is 23.8. The molecule has 0 unspecified atom stereocenters. The van der Waals surface area contributed by atoms with E-state index >= 15 is 0 Å². The predicted molar refractivity (Wildman–Crippen MR) is 69.8 cm³/mol. The van der Waals surface area contributed by atoms with E-state index in [1.54, 1.807) is 6.92 Å². The van der Waals surface area contributed by atoms with E-state index in [0.717, 1.165) is 0 Å². The second-order valence-corrected chi connectivity index (χ2v) is 4.96. The molecular formula is C15H17FO4. The summed E-state index contributed by atoms with van der Waals surface area (Å²) >= 11 is 0. The number of halogens is 1. The van der Waals surface area contributed by atoms with Gasteiger partial charge in [-0.3, -0.25) is 9.59 Å². The first kappa shape index (κ1) is 14.7. The van der Waals surface area contributed by atoms with Crippen LogP contribution >= 0.6 is 0 Å². The number of carbonyl (C=O) groups is 2. The summed E-state index contributed by atoms with van der Waals surface area (Å²) in [5.74, 6) is -1.69. The lowest BCUT2D eigenvalue weighted by Crippen LogP contribution is -2.24. The lowest BCUT2D eigenvalue weighted by atomic mass is 10.00. The number of ether oxygens (including phenoxy) is 2. The average molecular weight is 280 g/mol. The van der Waals surface area contributed by atoms with Crippen LogP contribution in [0.1, 0.15) is 30.1 Å². The minimum Gasteiger partial charge on any atom is -0.460 e. The van der Waals surface area contributed by atoms with Gasteiger partial charge in [-0.25, -0.2) is 4.39 Å². The van der Waals surface area contributed by atoms with Crippen molar-refractivity contribution in [1.29, 1.82) is 0 Å². The average Bonchev–Trinajstić information content (AvgIpc) is 2.91. The van der Waals surface area contributed by atoms with E-state index in [9.17, 15) is 14.0 Å². The zero-order valence-electron chi connectivity index (χ0n) is 11.3. The van der Waals surface area contributed by atoms with E-state index in [-0.39, 0.29) is 23.9 Å². The van der Waals surface area contributed by atoms with E-state index in [4.69, 9.17) is 9.47 Å². The zero-order chi connectivity index (χ0) is 14.5. The molecular weight excluding hydrogens is 263 g/mol. The molecule has 1 saturated heterocycles. The highest BCUT2D eigenvalue weighted by Crippen LogP contribution is 2.16. The number of rotatable bonds is 5. The fraction of sp³-hybridized carbons (Fsp3) is 0.467. The Morgan fingerprint density at radius 3 is 2.95 bits per heavy atom. The minimum atomic E-state index is -0.550. The molecule has 0 saturated carbocycles. The Bertz CT molecular complexity index is 494. The quantitative estimate of drug-likeness (QED) is 0.614. The molecule has 1 aromatic rings. The maximum Gasteiger partial charge on any atom is 0.309 e. The van der Waals surface area contributed by atoms with Crippen molar-refractivity contribution >= 4 is 11.8 Å². The van der Waals surface area contributed by atoms with Crippen molar-refractivity contribution in [3.8, 4) is 0 Å². The summed E-state index contributed by atoms with van der Waals surface area (Å²) in [6.45, 7) is 2.64. The molecule has 4 nitrogen and oxygen atoms in total. The van der Waals surface area contributed by atoms with Crippen LogP contribution in [0.5, 0.6) is 0 Å². The van der Waals surface area contributed by atoms with E-state index in [2.05, 4.69) is 0 Å². The molecule has 2 rings (SSSR count). The summed E-state index contributed by atoms with van der Waals surface area (Å²) in [5.41, 5.74) is 0.272. The van der Waals surface area contributed by atoms with Crippen molar-refractivity contribution < 1.29 is 23.5 Å². The van der Waals surface area contributed by atoms with Crippen LogP contribution in [0.2, 0.25) is 0 Å². The van der Waals surface area contributed by atoms with Crippen molar-refractivity contribution in [3.63, 3.8) is 0 Å². The Balaban J connectivity index is 1.88. The van der Waals surface area contributed by atoms with Crippen LogP contribution in [0.4, 0.5) is 4.39 Å². The lowest BCUT2D eigenvalue weighted by molar-refractivity contribution is -0.153. The molecule has 0 N–H and O–H groups in total. The van der Waals surface area contributed by atoms with Gasteiger partial charge < -0.3 is 9.47 Å². The van der Waals surface area contributed by atoms with Crippen LogP contribution in [0, 0.1) is 11.7 Å². The third-order valence-corrected chi connectivity index (χ3v) is 3.21. The molecule has 1 aromatic carbocycles. The van der Waals surface area contributed by atoms with Gasteiger partial charge in [-0.05, 0) is 12.1 Å². The SMILES string of the molecule is C[C@H](CC(=O)c1cccc(F)c1)C(=O)O[C@@H]1CCOC1. The van der Waals surface area contributed by atoms with Gasteiger partial charge in [0.15, 0.2) is 5.78 Å². The molecule has 1 fully saturated rings. The number of hydrogen-bond acceptors (Lipinski definition) is 4. The highest BCUT2D eigenvalue weighted by atomic mass is 19.1. The number of esters is 1. The molecule has 0 bridgehead atoms. The highest BCUT2D eigenvalue weighted by Gasteiger charge is 2.25. The molecule has 1 heterocycles. The smallest absolute Gasteiger partial charge is 0.309 e. The van der Waals surface area contributed by atoms with E-state index < -0.39 is 17.7 Å².